The fourth-order valence-corrected chi connectivity index (χ4v) is 3.00. The van der Waals surface area contributed by atoms with Crippen LogP contribution in [-0.4, -0.2) is 12.6 Å². The number of hydrogen-bond donors (Lipinski definition) is 1. The molecule has 1 N–H and O–H groups in total. The molecule has 4 heteroatoms. The lowest BCUT2D eigenvalue weighted by atomic mass is 10.1. The van der Waals surface area contributed by atoms with Crippen LogP contribution in [-0.2, 0) is 6.42 Å². The first-order chi connectivity index (χ1) is 10.1. The summed E-state index contributed by atoms with van der Waals surface area (Å²) in [7, 11) is 0. The van der Waals surface area contributed by atoms with E-state index in [9.17, 15) is 0 Å². The molecule has 0 amide bonds. The lowest BCUT2D eigenvalue weighted by molar-refractivity contribution is 0.222. The van der Waals surface area contributed by atoms with Crippen LogP contribution in [0.2, 0.25) is 10.0 Å². The molecule has 0 spiro atoms. The third kappa shape index (κ3) is 3.52. The number of benzene rings is 2. The van der Waals surface area contributed by atoms with Crippen molar-refractivity contribution in [2.45, 2.75) is 25.5 Å². The first kappa shape index (κ1) is 14.7. The average Bonchev–Trinajstić information content (AvgIpc) is 2.86. The van der Waals surface area contributed by atoms with E-state index >= 15 is 0 Å². The Balaban J connectivity index is 1.57. The summed E-state index contributed by atoms with van der Waals surface area (Å²) in [6.07, 6.45) is 1.05. The molecule has 0 fully saturated rings. The van der Waals surface area contributed by atoms with Crippen molar-refractivity contribution in [3.05, 3.63) is 63.6 Å². The third-order valence-corrected chi connectivity index (χ3v) is 4.23. The SMILES string of the molecule is CC(NCC1Cc2cc(Cl)ccc2O1)c1cccc(Cl)c1. The summed E-state index contributed by atoms with van der Waals surface area (Å²) in [6, 6.07) is 14.0. The molecule has 1 heterocycles. The van der Waals surface area contributed by atoms with Crippen molar-refractivity contribution >= 4 is 23.2 Å². The summed E-state index contributed by atoms with van der Waals surface area (Å²) >= 11 is 12.0. The number of rotatable bonds is 4. The summed E-state index contributed by atoms with van der Waals surface area (Å²) in [6.45, 7) is 2.92. The van der Waals surface area contributed by atoms with Crippen LogP contribution in [0.4, 0.5) is 0 Å². The topological polar surface area (TPSA) is 21.3 Å². The quantitative estimate of drug-likeness (QED) is 0.885. The van der Waals surface area contributed by atoms with E-state index in [1.165, 1.54) is 11.1 Å². The van der Waals surface area contributed by atoms with Gasteiger partial charge in [-0.1, -0.05) is 35.3 Å². The number of hydrogen-bond acceptors (Lipinski definition) is 2. The highest BCUT2D eigenvalue weighted by atomic mass is 35.5. The standard InChI is InChI=1S/C17H17Cl2NO/c1-11(12-3-2-4-14(18)7-12)20-10-16-9-13-8-15(19)5-6-17(13)21-16/h2-8,11,16,20H,9-10H2,1H3. The Labute approximate surface area is 135 Å². The fraction of sp³-hybridized carbons (Fsp3) is 0.294. The molecular formula is C17H17Cl2NO. The van der Waals surface area contributed by atoms with Crippen molar-refractivity contribution in [1.29, 1.82) is 0 Å². The predicted molar refractivity (Wildman–Crippen MR) is 87.4 cm³/mol. The summed E-state index contributed by atoms with van der Waals surface area (Å²) in [5.74, 6) is 0.946. The van der Waals surface area contributed by atoms with E-state index in [1.54, 1.807) is 0 Å². The van der Waals surface area contributed by atoms with Crippen LogP contribution in [0.1, 0.15) is 24.1 Å². The van der Waals surface area contributed by atoms with Gasteiger partial charge in [0.1, 0.15) is 11.9 Å². The fourth-order valence-electron chi connectivity index (χ4n) is 2.60. The normalized spacial score (nSPS) is 18.1. The molecule has 110 valence electrons. The molecule has 2 atom stereocenters. The van der Waals surface area contributed by atoms with E-state index in [1.807, 2.05) is 36.4 Å². The lowest BCUT2D eigenvalue weighted by Gasteiger charge is -2.18. The average molecular weight is 322 g/mol. The van der Waals surface area contributed by atoms with Crippen molar-refractivity contribution in [2.24, 2.45) is 0 Å². The van der Waals surface area contributed by atoms with Gasteiger partial charge < -0.3 is 10.1 Å². The van der Waals surface area contributed by atoms with Crippen LogP contribution in [0.3, 0.4) is 0 Å². The Morgan fingerprint density at radius 3 is 2.81 bits per heavy atom. The molecule has 2 unspecified atom stereocenters. The summed E-state index contributed by atoms with van der Waals surface area (Å²) in [5, 5.41) is 5.03. The largest absolute Gasteiger partial charge is 0.488 e. The predicted octanol–water partition coefficient (Wildman–Crippen LogP) is 4.65. The molecule has 0 saturated heterocycles. The minimum absolute atomic E-state index is 0.153. The molecule has 0 aromatic heterocycles. The van der Waals surface area contributed by atoms with Crippen LogP contribution in [0.5, 0.6) is 5.75 Å². The summed E-state index contributed by atoms with van der Waals surface area (Å²) in [4.78, 5) is 0. The number of halogens is 2. The Morgan fingerprint density at radius 1 is 1.19 bits per heavy atom. The number of ether oxygens (including phenoxy) is 1. The second-order valence-electron chi connectivity index (χ2n) is 5.38. The molecular weight excluding hydrogens is 305 g/mol. The van der Waals surface area contributed by atoms with Gasteiger partial charge in [-0.3, -0.25) is 0 Å². The molecule has 0 saturated carbocycles. The van der Waals surface area contributed by atoms with E-state index < -0.39 is 0 Å². The zero-order chi connectivity index (χ0) is 14.8. The molecule has 0 aliphatic carbocycles. The second kappa shape index (κ2) is 6.27. The Morgan fingerprint density at radius 2 is 2.00 bits per heavy atom. The summed E-state index contributed by atoms with van der Waals surface area (Å²) in [5.41, 5.74) is 2.37. The Kier molecular flexibility index (Phi) is 4.39. The van der Waals surface area contributed by atoms with Gasteiger partial charge in [0.15, 0.2) is 0 Å². The molecule has 3 rings (SSSR count). The minimum Gasteiger partial charge on any atom is -0.488 e. The van der Waals surface area contributed by atoms with Gasteiger partial charge >= 0.3 is 0 Å². The highest BCUT2D eigenvalue weighted by Gasteiger charge is 2.23. The first-order valence-electron chi connectivity index (χ1n) is 7.06. The molecule has 0 bridgehead atoms. The third-order valence-electron chi connectivity index (χ3n) is 3.76. The van der Waals surface area contributed by atoms with Crippen molar-refractivity contribution in [3.8, 4) is 5.75 Å². The van der Waals surface area contributed by atoms with Gasteiger partial charge in [-0.15, -0.1) is 0 Å². The van der Waals surface area contributed by atoms with Crippen molar-refractivity contribution < 1.29 is 4.74 Å². The van der Waals surface area contributed by atoms with Crippen molar-refractivity contribution in [2.75, 3.05) is 6.54 Å². The van der Waals surface area contributed by atoms with Gasteiger partial charge in [0.25, 0.3) is 0 Å². The molecule has 2 nitrogen and oxygen atoms in total. The summed E-state index contributed by atoms with van der Waals surface area (Å²) < 4.78 is 5.92. The first-order valence-corrected chi connectivity index (χ1v) is 7.81. The molecule has 2 aromatic carbocycles. The van der Waals surface area contributed by atoms with Crippen LogP contribution >= 0.6 is 23.2 Å². The molecule has 0 radical (unpaired) electrons. The smallest absolute Gasteiger partial charge is 0.123 e. The van der Waals surface area contributed by atoms with Gasteiger partial charge in [-0.2, -0.15) is 0 Å². The van der Waals surface area contributed by atoms with Gasteiger partial charge in [-0.05, 0) is 48.4 Å². The highest BCUT2D eigenvalue weighted by Crippen LogP contribution is 2.31. The van der Waals surface area contributed by atoms with Crippen LogP contribution < -0.4 is 10.1 Å². The van der Waals surface area contributed by atoms with Gasteiger partial charge in [0.05, 0.1) is 0 Å². The monoisotopic (exact) mass is 321 g/mol. The van der Waals surface area contributed by atoms with Crippen LogP contribution in [0.25, 0.3) is 0 Å². The number of nitrogens with one attached hydrogen (secondary N) is 1. The van der Waals surface area contributed by atoms with Crippen LogP contribution in [0, 0.1) is 0 Å². The van der Waals surface area contributed by atoms with Crippen LogP contribution in [0.15, 0.2) is 42.5 Å². The maximum Gasteiger partial charge on any atom is 0.123 e. The van der Waals surface area contributed by atoms with E-state index in [0.29, 0.717) is 0 Å². The second-order valence-corrected chi connectivity index (χ2v) is 6.25. The van der Waals surface area contributed by atoms with Gasteiger partial charge in [0.2, 0.25) is 0 Å². The van der Waals surface area contributed by atoms with Gasteiger partial charge in [0, 0.05) is 29.1 Å². The minimum atomic E-state index is 0.153. The molecule has 1 aliphatic rings. The maximum absolute atomic E-state index is 6.03. The lowest BCUT2D eigenvalue weighted by Crippen LogP contribution is -2.31. The van der Waals surface area contributed by atoms with E-state index in [2.05, 4.69) is 18.3 Å². The maximum atomic E-state index is 6.03. The Bertz CT molecular complexity index is 644. The zero-order valence-corrected chi connectivity index (χ0v) is 13.3. The van der Waals surface area contributed by atoms with Crippen molar-refractivity contribution in [1.82, 2.24) is 5.32 Å². The van der Waals surface area contributed by atoms with Crippen molar-refractivity contribution in [3.63, 3.8) is 0 Å². The van der Waals surface area contributed by atoms with E-state index in [4.69, 9.17) is 27.9 Å². The zero-order valence-electron chi connectivity index (χ0n) is 11.8. The van der Waals surface area contributed by atoms with E-state index in [-0.39, 0.29) is 12.1 Å². The highest BCUT2D eigenvalue weighted by molar-refractivity contribution is 6.30. The van der Waals surface area contributed by atoms with E-state index in [0.717, 1.165) is 28.8 Å². The Hall–Kier alpha value is -1.22. The van der Waals surface area contributed by atoms with Gasteiger partial charge in [-0.25, -0.2) is 0 Å². The number of fused-ring (bicyclic) bond motifs is 1. The molecule has 1 aliphatic heterocycles. The molecule has 2 aromatic rings. The molecule has 21 heavy (non-hydrogen) atoms.